The average molecular weight is 345 g/mol. The van der Waals surface area contributed by atoms with E-state index in [1.807, 2.05) is 18.2 Å². The minimum Gasteiger partial charge on any atom is -0.481 e. The lowest BCUT2D eigenvalue weighted by molar-refractivity contribution is -0.136. The summed E-state index contributed by atoms with van der Waals surface area (Å²) in [5, 5.41) is 13.3. The number of nitrogens with one attached hydrogen (secondary N) is 1. The van der Waals surface area contributed by atoms with Crippen molar-refractivity contribution in [3.8, 4) is 0 Å². The molecule has 0 saturated heterocycles. The molecule has 2 N–H and O–H groups in total. The van der Waals surface area contributed by atoms with Crippen LogP contribution in [0.5, 0.6) is 0 Å². The summed E-state index contributed by atoms with van der Waals surface area (Å²) >= 11 is 17.9. The van der Waals surface area contributed by atoms with Gasteiger partial charge in [0.2, 0.25) is 0 Å². The van der Waals surface area contributed by atoms with Crippen molar-refractivity contribution in [1.29, 1.82) is 0 Å². The molecule has 2 rings (SSSR count). The highest BCUT2D eigenvalue weighted by atomic mass is 35.5. The SMILES string of the molecule is O=C(O)Cc1ccccc1CNc1cc(Cl)c(Cl)cc1Cl. The molecule has 0 unspecified atom stereocenters. The Morgan fingerprint density at radius 1 is 1.00 bits per heavy atom. The Bertz CT molecular complexity index is 674. The summed E-state index contributed by atoms with van der Waals surface area (Å²) in [6.45, 7) is 0.446. The smallest absolute Gasteiger partial charge is 0.307 e. The number of hydrogen-bond acceptors (Lipinski definition) is 2. The summed E-state index contributed by atoms with van der Waals surface area (Å²) < 4.78 is 0. The second-order valence-corrected chi connectivity index (χ2v) is 5.66. The molecule has 0 aromatic heterocycles. The molecule has 0 aliphatic carbocycles. The first-order valence-electron chi connectivity index (χ1n) is 6.14. The van der Waals surface area contributed by atoms with Crippen LogP contribution in [0.25, 0.3) is 0 Å². The summed E-state index contributed by atoms with van der Waals surface area (Å²) in [7, 11) is 0. The van der Waals surface area contributed by atoms with Crippen molar-refractivity contribution in [3.05, 3.63) is 62.6 Å². The highest BCUT2D eigenvalue weighted by molar-refractivity contribution is 6.44. The third kappa shape index (κ3) is 4.27. The summed E-state index contributed by atoms with van der Waals surface area (Å²) in [5.74, 6) is -0.866. The zero-order valence-corrected chi connectivity index (χ0v) is 13.1. The molecule has 0 aliphatic rings. The van der Waals surface area contributed by atoms with E-state index in [1.54, 1.807) is 18.2 Å². The van der Waals surface area contributed by atoms with Gasteiger partial charge in [-0.05, 0) is 23.3 Å². The molecular weight excluding hydrogens is 333 g/mol. The molecule has 21 heavy (non-hydrogen) atoms. The molecule has 0 amide bonds. The molecule has 0 atom stereocenters. The molecule has 0 saturated carbocycles. The first-order chi connectivity index (χ1) is 9.97. The van der Waals surface area contributed by atoms with Crippen molar-refractivity contribution < 1.29 is 9.90 Å². The van der Waals surface area contributed by atoms with E-state index in [4.69, 9.17) is 39.9 Å². The Labute approximate surface area is 137 Å². The van der Waals surface area contributed by atoms with Gasteiger partial charge in [0.15, 0.2) is 0 Å². The van der Waals surface area contributed by atoms with Gasteiger partial charge in [-0.1, -0.05) is 59.1 Å². The van der Waals surface area contributed by atoms with E-state index in [-0.39, 0.29) is 6.42 Å². The van der Waals surface area contributed by atoms with Crippen LogP contribution < -0.4 is 5.32 Å². The van der Waals surface area contributed by atoms with E-state index in [1.165, 1.54) is 0 Å². The van der Waals surface area contributed by atoms with Gasteiger partial charge in [0.05, 0.1) is 27.2 Å². The molecule has 0 aliphatic heterocycles. The normalized spacial score (nSPS) is 10.4. The quantitative estimate of drug-likeness (QED) is 0.760. The lowest BCUT2D eigenvalue weighted by Gasteiger charge is -2.12. The van der Waals surface area contributed by atoms with E-state index < -0.39 is 5.97 Å². The summed E-state index contributed by atoms with van der Waals surface area (Å²) in [6.07, 6.45) is -0.0209. The molecule has 0 bridgehead atoms. The first kappa shape index (κ1) is 16.0. The van der Waals surface area contributed by atoms with E-state index >= 15 is 0 Å². The number of halogens is 3. The largest absolute Gasteiger partial charge is 0.481 e. The van der Waals surface area contributed by atoms with Crippen molar-refractivity contribution in [3.63, 3.8) is 0 Å². The Kier molecular flexibility index (Phi) is 5.34. The number of carbonyl (C=O) groups is 1. The van der Waals surface area contributed by atoms with E-state index in [0.717, 1.165) is 11.1 Å². The van der Waals surface area contributed by atoms with Crippen molar-refractivity contribution in [2.24, 2.45) is 0 Å². The van der Waals surface area contributed by atoms with Gasteiger partial charge in [0.1, 0.15) is 0 Å². The Morgan fingerprint density at radius 2 is 1.62 bits per heavy atom. The topological polar surface area (TPSA) is 49.3 Å². The maximum atomic E-state index is 10.9. The van der Waals surface area contributed by atoms with Crippen LogP contribution in [0.4, 0.5) is 5.69 Å². The van der Waals surface area contributed by atoms with Crippen molar-refractivity contribution in [2.45, 2.75) is 13.0 Å². The van der Waals surface area contributed by atoms with E-state index in [2.05, 4.69) is 5.32 Å². The third-order valence-corrected chi connectivity index (χ3v) is 3.97. The molecule has 6 heteroatoms. The van der Waals surface area contributed by atoms with Gasteiger partial charge < -0.3 is 10.4 Å². The van der Waals surface area contributed by atoms with Crippen LogP contribution >= 0.6 is 34.8 Å². The Hall–Kier alpha value is -1.42. The lowest BCUT2D eigenvalue weighted by atomic mass is 10.0. The number of aliphatic carboxylic acids is 1. The van der Waals surface area contributed by atoms with Crippen LogP contribution in [0.15, 0.2) is 36.4 Å². The number of rotatable bonds is 5. The molecule has 110 valence electrons. The van der Waals surface area contributed by atoms with Crippen LogP contribution in [0.3, 0.4) is 0 Å². The van der Waals surface area contributed by atoms with Crippen molar-refractivity contribution in [2.75, 3.05) is 5.32 Å². The van der Waals surface area contributed by atoms with Gasteiger partial charge in [-0.15, -0.1) is 0 Å². The summed E-state index contributed by atoms with van der Waals surface area (Å²) in [5.41, 5.74) is 2.30. The molecule has 2 aromatic rings. The molecule has 0 radical (unpaired) electrons. The van der Waals surface area contributed by atoms with Crippen LogP contribution in [0.1, 0.15) is 11.1 Å². The average Bonchev–Trinajstić information content (AvgIpc) is 2.42. The van der Waals surface area contributed by atoms with Gasteiger partial charge in [0, 0.05) is 6.54 Å². The predicted molar refractivity (Wildman–Crippen MR) is 86.6 cm³/mol. The molecule has 0 heterocycles. The summed E-state index contributed by atoms with van der Waals surface area (Å²) in [4.78, 5) is 10.9. The molecule has 0 spiro atoms. The van der Waals surface area contributed by atoms with Crippen molar-refractivity contribution >= 4 is 46.5 Å². The van der Waals surface area contributed by atoms with E-state index in [9.17, 15) is 4.79 Å². The maximum Gasteiger partial charge on any atom is 0.307 e. The second-order valence-electron chi connectivity index (χ2n) is 4.44. The third-order valence-electron chi connectivity index (χ3n) is 2.94. The number of benzene rings is 2. The summed E-state index contributed by atoms with van der Waals surface area (Å²) in [6, 6.07) is 10.5. The van der Waals surface area contributed by atoms with Gasteiger partial charge in [-0.2, -0.15) is 0 Å². The number of hydrogen-bond donors (Lipinski definition) is 2. The zero-order valence-electron chi connectivity index (χ0n) is 10.9. The monoisotopic (exact) mass is 343 g/mol. The van der Waals surface area contributed by atoms with Gasteiger partial charge in [0.25, 0.3) is 0 Å². The molecule has 0 fully saturated rings. The minimum atomic E-state index is -0.866. The Morgan fingerprint density at radius 3 is 2.29 bits per heavy atom. The fourth-order valence-corrected chi connectivity index (χ4v) is 2.53. The lowest BCUT2D eigenvalue weighted by Crippen LogP contribution is -2.07. The highest BCUT2D eigenvalue weighted by Gasteiger charge is 2.09. The molecule has 2 aromatic carbocycles. The van der Waals surface area contributed by atoms with Crippen LogP contribution in [-0.2, 0) is 17.8 Å². The molecular formula is C15H12Cl3NO2. The predicted octanol–water partition coefficient (Wildman–Crippen LogP) is 4.89. The van der Waals surface area contributed by atoms with Gasteiger partial charge in [-0.3, -0.25) is 4.79 Å². The first-order valence-corrected chi connectivity index (χ1v) is 7.27. The number of carboxylic acid groups (broad SMARTS) is 1. The number of carboxylic acids is 1. The van der Waals surface area contributed by atoms with E-state index in [0.29, 0.717) is 27.3 Å². The number of anilines is 1. The maximum absolute atomic E-state index is 10.9. The highest BCUT2D eigenvalue weighted by Crippen LogP contribution is 2.32. The zero-order chi connectivity index (χ0) is 15.4. The van der Waals surface area contributed by atoms with Gasteiger partial charge >= 0.3 is 5.97 Å². The standard InChI is InChI=1S/C15H12Cl3NO2/c16-11-6-13(18)14(7-12(11)17)19-8-10-4-2-1-3-9(10)5-15(20)21/h1-4,6-7,19H,5,8H2,(H,20,21). The van der Waals surface area contributed by atoms with Gasteiger partial charge in [-0.25, -0.2) is 0 Å². The Balaban J connectivity index is 2.17. The second kappa shape index (κ2) is 7.03. The fraction of sp³-hybridized carbons (Fsp3) is 0.133. The van der Waals surface area contributed by atoms with Crippen LogP contribution in [0, 0.1) is 0 Å². The van der Waals surface area contributed by atoms with Crippen molar-refractivity contribution in [1.82, 2.24) is 0 Å². The van der Waals surface area contributed by atoms with Crippen LogP contribution in [-0.4, -0.2) is 11.1 Å². The molecule has 3 nitrogen and oxygen atoms in total. The van der Waals surface area contributed by atoms with Crippen LogP contribution in [0.2, 0.25) is 15.1 Å². The fourth-order valence-electron chi connectivity index (χ4n) is 1.91. The minimum absolute atomic E-state index is 0.0209.